The maximum Gasteiger partial charge on any atom is 0.212 e. The molecule has 0 bridgehead atoms. The molecule has 12 rings (SSSR count). The van der Waals surface area contributed by atoms with Crippen molar-refractivity contribution in [2.45, 2.75) is 0 Å². The van der Waals surface area contributed by atoms with Crippen LogP contribution >= 0.6 is 0 Å². The van der Waals surface area contributed by atoms with E-state index in [1.165, 1.54) is 0 Å². The molecular formula is C59H35N7. The highest BCUT2D eigenvalue weighted by atomic mass is 15.2. The number of hydrogen-bond donors (Lipinski definition) is 0. The third-order valence-corrected chi connectivity index (χ3v) is 12.5. The Labute approximate surface area is 382 Å². The molecule has 2 aliphatic heterocycles. The van der Waals surface area contributed by atoms with E-state index in [1.807, 2.05) is 84.9 Å². The van der Waals surface area contributed by atoms with E-state index < -0.39 is 0 Å². The SMILES string of the molecule is [C-]#[N+]c1cc(C#N)c(N2c3ccccc3-c3ccccc3-c3ccccc32)c(-c2nc(-c3ccccc3)nc(-c3ccccc3)n2)c1N1c2ccccc2-c2ccccc2-c2ccccc21. The fraction of sp³-hybridized carbons (Fsp3) is 0. The van der Waals surface area contributed by atoms with Crippen LogP contribution in [0.1, 0.15) is 5.56 Å². The average molecular weight is 842 g/mol. The number of aromatic nitrogens is 3. The molecule has 0 saturated carbocycles. The minimum atomic E-state index is 0.267. The minimum Gasteiger partial charge on any atom is -0.318 e. The van der Waals surface area contributed by atoms with E-state index in [0.717, 1.165) is 78.4 Å². The first kappa shape index (κ1) is 38.3. The molecule has 1 aromatic heterocycles. The molecular weight excluding hydrogens is 807 g/mol. The Morgan fingerprint density at radius 3 is 1.06 bits per heavy atom. The average Bonchev–Trinajstić information content (AvgIpc) is 3.60. The van der Waals surface area contributed by atoms with Gasteiger partial charge in [-0.05, 0) is 52.6 Å². The van der Waals surface area contributed by atoms with Gasteiger partial charge in [0.1, 0.15) is 6.07 Å². The molecule has 0 atom stereocenters. The predicted octanol–water partition coefficient (Wildman–Crippen LogP) is 15.5. The second kappa shape index (κ2) is 15.7. The lowest BCUT2D eigenvalue weighted by atomic mass is 9.95. The van der Waals surface area contributed by atoms with Gasteiger partial charge in [-0.1, -0.05) is 182 Å². The number of rotatable bonds is 5. The first-order valence-corrected chi connectivity index (χ1v) is 21.7. The quantitative estimate of drug-likeness (QED) is 0.161. The normalized spacial score (nSPS) is 11.8. The number of benzene rings is 9. The maximum atomic E-state index is 11.6. The Morgan fingerprint density at radius 1 is 0.379 bits per heavy atom. The summed E-state index contributed by atoms with van der Waals surface area (Å²) in [6.07, 6.45) is 0. The fourth-order valence-electron chi connectivity index (χ4n) is 9.64. The second-order valence-corrected chi connectivity index (χ2v) is 16.1. The lowest BCUT2D eigenvalue weighted by Crippen LogP contribution is -2.18. The zero-order valence-corrected chi connectivity index (χ0v) is 35.3. The van der Waals surface area contributed by atoms with Crippen molar-refractivity contribution in [2.24, 2.45) is 0 Å². The zero-order valence-electron chi connectivity index (χ0n) is 35.3. The molecule has 0 unspecified atom stereocenters. The summed E-state index contributed by atoms with van der Waals surface area (Å²) >= 11 is 0. The monoisotopic (exact) mass is 841 g/mol. The molecule has 2 aliphatic rings. The summed E-state index contributed by atoms with van der Waals surface area (Å²) < 4.78 is 0. The van der Waals surface area contributed by atoms with Crippen molar-refractivity contribution in [3.63, 3.8) is 0 Å². The van der Waals surface area contributed by atoms with Gasteiger partial charge in [-0.25, -0.2) is 19.8 Å². The number of fused-ring (bicyclic) bond motifs is 10. The highest BCUT2D eigenvalue weighted by Crippen LogP contribution is 2.60. The van der Waals surface area contributed by atoms with Gasteiger partial charge in [0.15, 0.2) is 17.5 Å². The van der Waals surface area contributed by atoms with Crippen molar-refractivity contribution in [3.8, 4) is 84.7 Å². The van der Waals surface area contributed by atoms with Crippen LogP contribution < -0.4 is 9.80 Å². The van der Waals surface area contributed by atoms with Crippen LogP contribution in [0.5, 0.6) is 0 Å². The molecule has 0 saturated heterocycles. The molecule has 7 heteroatoms. The van der Waals surface area contributed by atoms with Gasteiger partial charge >= 0.3 is 0 Å². The topological polar surface area (TPSA) is 73.3 Å². The molecule has 0 radical (unpaired) electrons. The molecule has 3 heterocycles. The summed E-state index contributed by atoms with van der Waals surface area (Å²) in [5.74, 6) is 1.22. The first-order valence-electron chi connectivity index (χ1n) is 21.7. The Bertz CT molecular complexity index is 3280. The Hall–Kier alpha value is -9.43. The molecule has 9 aromatic carbocycles. The van der Waals surface area contributed by atoms with Crippen LogP contribution in [0.3, 0.4) is 0 Å². The molecule has 66 heavy (non-hydrogen) atoms. The zero-order chi connectivity index (χ0) is 44.1. The van der Waals surface area contributed by atoms with Crippen LogP contribution in [-0.4, -0.2) is 15.0 Å². The van der Waals surface area contributed by atoms with E-state index in [4.69, 9.17) is 21.5 Å². The van der Waals surface area contributed by atoms with Crippen molar-refractivity contribution in [1.29, 1.82) is 5.26 Å². The van der Waals surface area contributed by atoms with Gasteiger partial charge in [0, 0.05) is 33.4 Å². The minimum absolute atomic E-state index is 0.267. The number of nitrogens with zero attached hydrogens (tertiary/aromatic N) is 7. The van der Waals surface area contributed by atoms with Crippen molar-refractivity contribution in [1.82, 2.24) is 15.0 Å². The van der Waals surface area contributed by atoms with Crippen LogP contribution in [0.15, 0.2) is 212 Å². The van der Waals surface area contributed by atoms with Crippen LogP contribution in [-0.2, 0) is 0 Å². The van der Waals surface area contributed by atoms with Gasteiger partial charge in [-0.2, -0.15) is 5.26 Å². The summed E-state index contributed by atoms with van der Waals surface area (Å²) in [5, 5.41) is 11.6. The lowest BCUT2D eigenvalue weighted by molar-refractivity contribution is 1.07. The van der Waals surface area contributed by atoms with E-state index in [9.17, 15) is 5.26 Å². The lowest BCUT2D eigenvalue weighted by Gasteiger charge is -2.35. The van der Waals surface area contributed by atoms with E-state index >= 15 is 0 Å². The Morgan fingerprint density at radius 2 is 0.697 bits per heavy atom. The second-order valence-electron chi connectivity index (χ2n) is 16.1. The third kappa shape index (κ3) is 6.07. The van der Waals surface area contributed by atoms with Crippen molar-refractivity contribution < 1.29 is 0 Å². The van der Waals surface area contributed by atoms with E-state index in [2.05, 4.69) is 142 Å². The van der Waals surface area contributed by atoms with E-state index in [0.29, 0.717) is 34.4 Å². The predicted molar refractivity (Wildman–Crippen MR) is 265 cm³/mol. The summed E-state index contributed by atoms with van der Waals surface area (Å²) in [4.78, 5) is 24.7. The van der Waals surface area contributed by atoms with E-state index in [-0.39, 0.29) is 11.3 Å². The molecule has 0 spiro atoms. The Kier molecular flexibility index (Phi) is 9.12. The number of para-hydroxylation sites is 4. The molecule has 0 N–H and O–H groups in total. The number of nitriles is 1. The van der Waals surface area contributed by atoms with Crippen molar-refractivity contribution >= 4 is 39.8 Å². The summed E-state index contributed by atoms with van der Waals surface area (Å²) in [6.45, 7) is 9.03. The van der Waals surface area contributed by atoms with E-state index in [1.54, 1.807) is 6.07 Å². The van der Waals surface area contributed by atoms with Crippen molar-refractivity contribution in [3.05, 3.63) is 229 Å². The van der Waals surface area contributed by atoms with Gasteiger partial charge < -0.3 is 9.80 Å². The van der Waals surface area contributed by atoms with Gasteiger partial charge in [-0.3, -0.25) is 0 Å². The standard InChI is InChI=1S/C59H35N7/c1-61-49-36-40(37-60)55(65-50-32-16-12-28-45(50)41-24-8-9-25-42(41)46-29-13-17-33-51(46)65)54(59-63-57(38-20-4-2-5-21-38)62-58(64-59)39-22-6-3-7-23-39)56(49)66-52-34-18-14-30-47(52)43-26-10-11-27-44(43)48-31-15-19-35-53(48)66/h2-36H. The van der Waals surface area contributed by atoms with Crippen LogP contribution in [0.4, 0.5) is 39.8 Å². The number of hydrogen-bond acceptors (Lipinski definition) is 6. The highest BCUT2D eigenvalue weighted by molar-refractivity contribution is 6.12. The smallest absolute Gasteiger partial charge is 0.212 e. The summed E-state index contributed by atoms with van der Waals surface area (Å²) in [7, 11) is 0. The van der Waals surface area contributed by atoms with Crippen LogP contribution in [0.2, 0.25) is 0 Å². The molecule has 0 amide bonds. The molecule has 0 fully saturated rings. The fourth-order valence-corrected chi connectivity index (χ4v) is 9.64. The largest absolute Gasteiger partial charge is 0.318 e. The van der Waals surface area contributed by atoms with Gasteiger partial charge in [0.25, 0.3) is 0 Å². The van der Waals surface area contributed by atoms with Crippen molar-refractivity contribution in [2.75, 3.05) is 9.80 Å². The van der Waals surface area contributed by atoms with Crippen LogP contribution in [0.25, 0.3) is 83.5 Å². The maximum absolute atomic E-state index is 11.6. The molecule has 10 aromatic rings. The first-order chi connectivity index (χ1) is 32.7. The number of anilines is 6. The van der Waals surface area contributed by atoms with Gasteiger partial charge in [-0.15, -0.1) is 0 Å². The molecule has 0 aliphatic carbocycles. The summed E-state index contributed by atoms with van der Waals surface area (Å²) in [6, 6.07) is 74.3. The summed E-state index contributed by atoms with van der Waals surface area (Å²) in [5.41, 5.74) is 15.4. The van der Waals surface area contributed by atoms with Crippen LogP contribution in [0, 0.1) is 17.9 Å². The Balaban J connectivity index is 1.30. The molecule has 306 valence electrons. The van der Waals surface area contributed by atoms with Gasteiger partial charge in [0.2, 0.25) is 5.69 Å². The third-order valence-electron chi connectivity index (χ3n) is 12.5. The van der Waals surface area contributed by atoms with Gasteiger partial charge in [0.05, 0.1) is 51.8 Å². The molecule has 7 nitrogen and oxygen atoms in total. The highest BCUT2D eigenvalue weighted by Gasteiger charge is 2.37.